The smallest absolute Gasteiger partial charge is 0.124 e. The summed E-state index contributed by atoms with van der Waals surface area (Å²) in [5, 5.41) is 4.44. The molecule has 0 aromatic heterocycles. The summed E-state index contributed by atoms with van der Waals surface area (Å²) < 4.78 is 5.68. The van der Waals surface area contributed by atoms with E-state index in [-0.39, 0.29) is 0 Å². The van der Waals surface area contributed by atoms with E-state index in [0.717, 1.165) is 12.3 Å². The third-order valence-corrected chi connectivity index (χ3v) is 5.44. The van der Waals surface area contributed by atoms with Crippen molar-refractivity contribution in [1.82, 2.24) is 5.32 Å². The average molecular weight is 293 g/mol. The Morgan fingerprint density at radius 1 is 1.40 bits per heavy atom. The van der Waals surface area contributed by atoms with E-state index in [2.05, 4.69) is 50.0 Å². The molecule has 20 heavy (non-hydrogen) atoms. The van der Waals surface area contributed by atoms with Gasteiger partial charge in [-0.05, 0) is 62.6 Å². The van der Waals surface area contributed by atoms with Crippen LogP contribution in [0.5, 0.6) is 5.75 Å². The second-order valence-electron chi connectivity index (χ2n) is 5.68. The molecule has 112 valence electrons. The zero-order valence-electron chi connectivity index (χ0n) is 13.2. The Morgan fingerprint density at radius 3 is 2.80 bits per heavy atom. The van der Waals surface area contributed by atoms with Gasteiger partial charge >= 0.3 is 0 Å². The van der Waals surface area contributed by atoms with E-state index >= 15 is 0 Å². The van der Waals surface area contributed by atoms with Gasteiger partial charge in [-0.1, -0.05) is 13.0 Å². The molecule has 2 rings (SSSR count). The molecule has 1 aromatic carbocycles. The third kappa shape index (κ3) is 3.50. The first kappa shape index (κ1) is 15.7. The highest BCUT2D eigenvalue weighted by Gasteiger charge is 2.29. The van der Waals surface area contributed by atoms with E-state index in [1.165, 1.54) is 41.7 Å². The van der Waals surface area contributed by atoms with Crippen LogP contribution in [0.3, 0.4) is 0 Å². The molecule has 1 N–H and O–H groups in total. The molecule has 1 saturated heterocycles. The maximum atomic E-state index is 5.68. The van der Waals surface area contributed by atoms with Crippen LogP contribution in [-0.2, 0) is 0 Å². The molecule has 0 bridgehead atoms. The molecule has 1 aliphatic heterocycles. The van der Waals surface area contributed by atoms with Gasteiger partial charge < -0.3 is 10.1 Å². The molecule has 2 unspecified atom stereocenters. The third-order valence-electron chi connectivity index (χ3n) is 3.98. The lowest BCUT2D eigenvalue weighted by atomic mass is 9.94. The van der Waals surface area contributed by atoms with Gasteiger partial charge in [0.15, 0.2) is 0 Å². The molecule has 3 heteroatoms. The van der Waals surface area contributed by atoms with Crippen molar-refractivity contribution < 1.29 is 4.74 Å². The summed E-state index contributed by atoms with van der Waals surface area (Å²) in [6.07, 6.45) is 3.82. The number of aryl methyl sites for hydroxylation is 2. The van der Waals surface area contributed by atoms with Crippen molar-refractivity contribution in [3.8, 4) is 5.75 Å². The van der Waals surface area contributed by atoms with Crippen molar-refractivity contribution in [3.63, 3.8) is 0 Å². The monoisotopic (exact) mass is 293 g/mol. The van der Waals surface area contributed by atoms with Crippen LogP contribution in [0, 0.1) is 13.8 Å². The lowest BCUT2D eigenvalue weighted by Crippen LogP contribution is -2.30. The van der Waals surface area contributed by atoms with Gasteiger partial charge in [0.25, 0.3) is 0 Å². The lowest BCUT2D eigenvalue weighted by molar-refractivity contribution is 0.394. The van der Waals surface area contributed by atoms with Crippen molar-refractivity contribution >= 4 is 11.8 Å². The topological polar surface area (TPSA) is 21.3 Å². The van der Waals surface area contributed by atoms with Crippen LogP contribution in [0.15, 0.2) is 12.1 Å². The highest BCUT2D eigenvalue weighted by molar-refractivity contribution is 8.00. The summed E-state index contributed by atoms with van der Waals surface area (Å²) in [4.78, 5) is 0. The molecule has 0 amide bonds. The zero-order valence-corrected chi connectivity index (χ0v) is 14.0. The molecule has 2 atom stereocenters. The Balaban J connectivity index is 2.36. The van der Waals surface area contributed by atoms with Gasteiger partial charge in [0.1, 0.15) is 5.75 Å². The number of benzene rings is 1. The minimum absolute atomic E-state index is 0.415. The zero-order chi connectivity index (χ0) is 14.5. The first-order valence-electron chi connectivity index (χ1n) is 7.67. The number of hydrogen-bond donors (Lipinski definition) is 1. The molecular formula is C17H27NOS. The van der Waals surface area contributed by atoms with E-state index in [9.17, 15) is 0 Å². The molecule has 0 aliphatic carbocycles. The predicted molar refractivity (Wildman–Crippen MR) is 89.0 cm³/mol. The fourth-order valence-electron chi connectivity index (χ4n) is 3.09. The van der Waals surface area contributed by atoms with Crippen LogP contribution in [0.2, 0.25) is 0 Å². The standard InChI is InChI=1S/C17H27NOS/c1-5-8-18-17(15-7-6-9-20-15)16-13(3)10-12(2)11-14(16)19-4/h10-11,15,17-18H,5-9H2,1-4H3. The number of nitrogens with one attached hydrogen (secondary N) is 1. The van der Waals surface area contributed by atoms with Gasteiger partial charge in [0.2, 0.25) is 0 Å². The average Bonchev–Trinajstić information content (AvgIpc) is 2.94. The summed E-state index contributed by atoms with van der Waals surface area (Å²) >= 11 is 2.11. The van der Waals surface area contributed by atoms with Crippen molar-refractivity contribution in [1.29, 1.82) is 0 Å². The Hall–Kier alpha value is -0.670. The highest BCUT2D eigenvalue weighted by Crippen LogP contribution is 2.40. The Labute approximate surface area is 127 Å². The Kier molecular flexibility index (Phi) is 5.79. The quantitative estimate of drug-likeness (QED) is 0.847. The van der Waals surface area contributed by atoms with Gasteiger partial charge in [0.05, 0.1) is 7.11 Å². The van der Waals surface area contributed by atoms with Crippen LogP contribution >= 0.6 is 11.8 Å². The second-order valence-corrected chi connectivity index (χ2v) is 7.03. The van der Waals surface area contributed by atoms with Crippen LogP contribution in [0.1, 0.15) is 48.9 Å². The molecule has 1 heterocycles. The SMILES string of the molecule is CCCNC(c1c(C)cc(C)cc1OC)C1CCCS1. The largest absolute Gasteiger partial charge is 0.496 e. The van der Waals surface area contributed by atoms with Gasteiger partial charge in [0, 0.05) is 16.9 Å². The van der Waals surface area contributed by atoms with Crippen molar-refractivity contribution in [2.75, 3.05) is 19.4 Å². The number of methoxy groups -OCH3 is 1. The van der Waals surface area contributed by atoms with Crippen LogP contribution in [-0.4, -0.2) is 24.7 Å². The summed E-state index contributed by atoms with van der Waals surface area (Å²) in [6, 6.07) is 4.86. The van der Waals surface area contributed by atoms with E-state index in [1.807, 2.05) is 0 Å². The summed E-state index contributed by atoms with van der Waals surface area (Å²) in [5.41, 5.74) is 3.99. The maximum absolute atomic E-state index is 5.68. The van der Waals surface area contributed by atoms with Gasteiger partial charge in [-0.2, -0.15) is 11.8 Å². The molecular weight excluding hydrogens is 266 g/mol. The fourth-order valence-corrected chi connectivity index (χ4v) is 4.49. The first-order valence-corrected chi connectivity index (χ1v) is 8.72. The summed E-state index contributed by atoms with van der Waals surface area (Å²) in [5.74, 6) is 2.34. The van der Waals surface area contributed by atoms with Crippen LogP contribution in [0.25, 0.3) is 0 Å². The van der Waals surface area contributed by atoms with E-state index < -0.39 is 0 Å². The van der Waals surface area contributed by atoms with Crippen molar-refractivity contribution in [3.05, 3.63) is 28.8 Å². The fraction of sp³-hybridized carbons (Fsp3) is 0.647. The highest BCUT2D eigenvalue weighted by atomic mass is 32.2. The molecule has 1 aromatic rings. The minimum atomic E-state index is 0.415. The molecule has 1 fully saturated rings. The molecule has 1 aliphatic rings. The molecule has 0 radical (unpaired) electrons. The normalized spacial score (nSPS) is 20.1. The summed E-state index contributed by atoms with van der Waals surface area (Å²) in [6.45, 7) is 7.65. The summed E-state index contributed by atoms with van der Waals surface area (Å²) in [7, 11) is 1.79. The van der Waals surface area contributed by atoms with Crippen molar-refractivity contribution in [2.24, 2.45) is 0 Å². The molecule has 0 spiro atoms. The van der Waals surface area contributed by atoms with Crippen molar-refractivity contribution in [2.45, 2.75) is 51.3 Å². The lowest BCUT2D eigenvalue weighted by Gasteiger charge is -2.28. The number of hydrogen-bond acceptors (Lipinski definition) is 3. The first-order chi connectivity index (χ1) is 9.67. The molecule has 0 saturated carbocycles. The number of ether oxygens (including phenoxy) is 1. The maximum Gasteiger partial charge on any atom is 0.124 e. The Bertz CT molecular complexity index is 441. The minimum Gasteiger partial charge on any atom is -0.496 e. The molecule has 2 nitrogen and oxygen atoms in total. The van der Waals surface area contributed by atoms with Gasteiger partial charge in [-0.15, -0.1) is 0 Å². The number of rotatable bonds is 6. The Morgan fingerprint density at radius 2 is 2.20 bits per heavy atom. The van der Waals surface area contributed by atoms with E-state index in [1.54, 1.807) is 7.11 Å². The van der Waals surface area contributed by atoms with Gasteiger partial charge in [-0.25, -0.2) is 0 Å². The second kappa shape index (κ2) is 7.37. The van der Waals surface area contributed by atoms with E-state index in [0.29, 0.717) is 11.3 Å². The van der Waals surface area contributed by atoms with Crippen LogP contribution < -0.4 is 10.1 Å². The van der Waals surface area contributed by atoms with E-state index in [4.69, 9.17) is 4.74 Å². The number of thioether (sulfide) groups is 1. The van der Waals surface area contributed by atoms with Gasteiger partial charge in [-0.3, -0.25) is 0 Å². The predicted octanol–water partition coefficient (Wildman–Crippen LogP) is 4.25. The van der Waals surface area contributed by atoms with Crippen LogP contribution in [0.4, 0.5) is 0 Å².